The molecule has 0 spiro atoms. The number of methoxy groups -OCH3 is 1. The fourth-order valence-electron chi connectivity index (χ4n) is 4.59. The maximum Gasteiger partial charge on any atom is 0.227 e. The molecular formula is C24H29N5O3. The lowest BCUT2D eigenvalue weighted by molar-refractivity contribution is -0.129. The molecule has 8 heteroatoms. The van der Waals surface area contributed by atoms with E-state index in [1.54, 1.807) is 7.11 Å². The van der Waals surface area contributed by atoms with Crippen LogP contribution in [0.2, 0.25) is 0 Å². The predicted octanol–water partition coefficient (Wildman–Crippen LogP) is 3.12. The van der Waals surface area contributed by atoms with Crippen molar-refractivity contribution in [1.29, 1.82) is 0 Å². The third-order valence-corrected chi connectivity index (χ3v) is 6.46. The third-order valence-electron chi connectivity index (χ3n) is 6.46. The van der Waals surface area contributed by atoms with E-state index in [1.807, 2.05) is 29.2 Å². The molecule has 2 aromatic heterocycles. The number of amides is 1. The molecule has 2 saturated heterocycles. The first-order valence-corrected chi connectivity index (χ1v) is 11.3. The van der Waals surface area contributed by atoms with E-state index < -0.39 is 0 Å². The average molecular weight is 436 g/mol. The van der Waals surface area contributed by atoms with E-state index in [0.717, 1.165) is 72.9 Å². The highest BCUT2D eigenvalue weighted by molar-refractivity contribution is 5.87. The molecule has 32 heavy (non-hydrogen) atoms. The summed E-state index contributed by atoms with van der Waals surface area (Å²) in [5, 5.41) is 12.0. The van der Waals surface area contributed by atoms with Gasteiger partial charge in [-0.05, 0) is 49.1 Å². The summed E-state index contributed by atoms with van der Waals surface area (Å²) < 4.78 is 10.7. The van der Waals surface area contributed by atoms with Gasteiger partial charge < -0.3 is 19.7 Å². The molecule has 0 aliphatic carbocycles. The maximum atomic E-state index is 12.8. The van der Waals surface area contributed by atoms with Crippen LogP contribution < -0.4 is 10.1 Å². The highest BCUT2D eigenvalue weighted by Crippen LogP contribution is 2.29. The molecule has 2 aliphatic heterocycles. The van der Waals surface area contributed by atoms with Gasteiger partial charge in [-0.15, -0.1) is 0 Å². The summed E-state index contributed by atoms with van der Waals surface area (Å²) in [7, 11) is 1.64. The van der Waals surface area contributed by atoms with Gasteiger partial charge in [-0.2, -0.15) is 5.10 Å². The molecule has 2 N–H and O–H groups in total. The van der Waals surface area contributed by atoms with Gasteiger partial charge in [0.15, 0.2) is 11.5 Å². The summed E-state index contributed by atoms with van der Waals surface area (Å²) in [6, 6.07) is 12.2. The van der Waals surface area contributed by atoms with Crippen molar-refractivity contribution >= 4 is 22.8 Å². The Bertz CT molecular complexity index is 1090. The number of pyridine rings is 1. The zero-order valence-electron chi connectivity index (χ0n) is 18.3. The molecule has 0 radical (unpaired) electrons. The molecule has 1 atom stereocenters. The Hall–Kier alpha value is -3.13. The second-order valence-corrected chi connectivity index (χ2v) is 8.59. The Morgan fingerprint density at radius 1 is 1.25 bits per heavy atom. The summed E-state index contributed by atoms with van der Waals surface area (Å²) in [4.78, 5) is 19.6. The van der Waals surface area contributed by atoms with Gasteiger partial charge in [0.1, 0.15) is 5.75 Å². The number of aromatic amines is 1. The zero-order chi connectivity index (χ0) is 21.9. The number of hydrogen-bond donors (Lipinski definition) is 2. The first-order chi connectivity index (χ1) is 15.7. The topological polar surface area (TPSA) is 92.4 Å². The summed E-state index contributed by atoms with van der Waals surface area (Å²) in [6.07, 6.45) is 3.28. The molecule has 4 heterocycles. The lowest BCUT2D eigenvalue weighted by Crippen LogP contribution is -2.30. The van der Waals surface area contributed by atoms with E-state index in [4.69, 9.17) is 14.5 Å². The lowest BCUT2D eigenvalue weighted by Gasteiger charge is -2.23. The largest absolute Gasteiger partial charge is 0.497 e. The molecule has 2 fully saturated rings. The lowest BCUT2D eigenvalue weighted by atomic mass is 10.0. The SMILES string of the molecule is COc1cccc(CC(=O)N2CCC(c3ccc4c(NC5CCOCC5)n[nH]c4n3)C2)c1. The molecule has 1 amide bonds. The normalized spacial score (nSPS) is 19.4. The number of hydrogen-bond acceptors (Lipinski definition) is 6. The highest BCUT2D eigenvalue weighted by atomic mass is 16.5. The van der Waals surface area contributed by atoms with E-state index in [0.29, 0.717) is 19.0 Å². The second kappa shape index (κ2) is 9.16. The summed E-state index contributed by atoms with van der Waals surface area (Å²) in [5.74, 6) is 2.01. The van der Waals surface area contributed by atoms with Crippen molar-refractivity contribution in [3.05, 3.63) is 47.7 Å². The van der Waals surface area contributed by atoms with E-state index in [9.17, 15) is 4.79 Å². The molecule has 0 saturated carbocycles. The van der Waals surface area contributed by atoms with Crippen LogP contribution in [0.1, 0.15) is 36.4 Å². The van der Waals surface area contributed by atoms with Crippen LogP contribution in [0.15, 0.2) is 36.4 Å². The Balaban J connectivity index is 1.23. The minimum Gasteiger partial charge on any atom is -0.497 e. The quantitative estimate of drug-likeness (QED) is 0.618. The Kier molecular flexibility index (Phi) is 5.94. The fourth-order valence-corrected chi connectivity index (χ4v) is 4.59. The molecule has 5 rings (SSSR count). The molecule has 3 aromatic rings. The molecule has 2 aliphatic rings. The number of nitrogens with zero attached hydrogens (tertiary/aromatic N) is 3. The Labute approximate surface area is 187 Å². The predicted molar refractivity (Wildman–Crippen MR) is 122 cm³/mol. The minimum absolute atomic E-state index is 0.145. The summed E-state index contributed by atoms with van der Waals surface area (Å²) in [5.41, 5.74) is 2.77. The van der Waals surface area contributed by atoms with Crippen LogP contribution in [0.25, 0.3) is 11.0 Å². The number of carbonyl (C=O) groups is 1. The number of benzene rings is 1. The number of carbonyl (C=O) groups excluding carboxylic acids is 1. The zero-order valence-corrected chi connectivity index (χ0v) is 18.3. The van der Waals surface area contributed by atoms with E-state index in [-0.39, 0.29) is 11.8 Å². The summed E-state index contributed by atoms with van der Waals surface area (Å²) in [6.45, 7) is 3.03. The molecular weight excluding hydrogens is 406 g/mol. The van der Waals surface area contributed by atoms with Crippen molar-refractivity contribution in [3.8, 4) is 5.75 Å². The van der Waals surface area contributed by atoms with Crippen molar-refractivity contribution in [2.45, 2.75) is 37.6 Å². The number of likely N-dealkylation sites (tertiary alicyclic amines) is 1. The van der Waals surface area contributed by atoms with Gasteiger partial charge in [0.05, 0.1) is 18.9 Å². The van der Waals surface area contributed by atoms with Gasteiger partial charge in [-0.3, -0.25) is 9.89 Å². The van der Waals surface area contributed by atoms with Crippen LogP contribution in [0.5, 0.6) is 5.75 Å². The third kappa shape index (κ3) is 4.41. The second-order valence-electron chi connectivity index (χ2n) is 8.59. The van der Waals surface area contributed by atoms with E-state index in [2.05, 4.69) is 27.6 Å². The number of rotatable bonds is 6. The van der Waals surface area contributed by atoms with Gasteiger partial charge in [-0.25, -0.2) is 4.98 Å². The number of anilines is 1. The average Bonchev–Trinajstić information content (AvgIpc) is 3.47. The molecule has 168 valence electrons. The van der Waals surface area contributed by atoms with Crippen LogP contribution >= 0.6 is 0 Å². The first kappa shape index (κ1) is 20.8. The van der Waals surface area contributed by atoms with Crippen LogP contribution in [0.4, 0.5) is 5.82 Å². The van der Waals surface area contributed by atoms with Gasteiger partial charge in [0.25, 0.3) is 0 Å². The van der Waals surface area contributed by atoms with Crippen molar-refractivity contribution in [3.63, 3.8) is 0 Å². The van der Waals surface area contributed by atoms with Crippen molar-refractivity contribution < 1.29 is 14.3 Å². The molecule has 8 nitrogen and oxygen atoms in total. The minimum atomic E-state index is 0.145. The number of ether oxygens (including phenoxy) is 2. The summed E-state index contributed by atoms with van der Waals surface area (Å²) >= 11 is 0. The van der Waals surface area contributed by atoms with Crippen molar-refractivity contribution in [1.82, 2.24) is 20.1 Å². The van der Waals surface area contributed by atoms with Gasteiger partial charge in [-0.1, -0.05) is 12.1 Å². The van der Waals surface area contributed by atoms with Crippen molar-refractivity contribution in [2.24, 2.45) is 0 Å². The van der Waals surface area contributed by atoms with Gasteiger partial charge in [0.2, 0.25) is 5.91 Å². The standard InChI is InChI=1S/C24H29N5O3/c1-31-19-4-2-3-16(13-19)14-22(30)29-10-7-17(15-29)21-6-5-20-23(27-28-24(20)26-21)25-18-8-11-32-12-9-18/h2-6,13,17-18H,7-12,14-15H2,1H3,(H2,25,26,27,28). The number of H-pyrrole nitrogens is 1. The van der Waals surface area contributed by atoms with E-state index in [1.165, 1.54) is 0 Å². The Morgan fingerprint density at radius 3 is 2.97 bits per heavy atom. The number of aromatic nitrogens is 3. The Morgan fingerprint density at radius 2 is 2.12 bits per heavy atom. The van der Waals surface area contributed by atoms with E-state index >= 15 is 0 Å². The molecule has 1 unspecified atom stereocenters. The van der Waals surface area contributed by atoms with Crippen LogP contribution in [-0.4, -0.2) is 65.4 Å². The van der Waals surface area contributed by atoms with Gasteiger partial charge >= 0.3 is 0 Å². The van der Waals surface area contributed by atoms with Crippen LogP contribution in [0.3, 0.4) is 0 Å². The number of nitrogens with one attached hydrogen (secondary N) is 2. The highest BCUT2D eigenvalue weighted by Gasteiger charge is 2.28. The molecule has 0 bridgehead atoms. The van der Waals surface area contributed by atoms with Gasteiger partial charge in [0, 0.05) is 44.0 Å². The van der Waals surface area contributed by atoms with Crippen molar-refractivity contribution in [2.75, 3.05) is 38.7 Å². The van der Waals surface area contributed by atoms with Crippen LogP contribution in [0, 0.1) is 0 Å². The smallest absolute Gasteiger partial charge is 0.227 e. The van der Waals surface area contributed by atoms with Crippen LogP contribution in [-0.2, 0) is 16.0 Å². The fraction of sp³-hybridized carbons (Fsp3) is 0.458. The maximum absolute atomic E-state index is 12.8. The first-order valence-electron chi connectivity index (χ1n) is 11.3. The number of fused-ring (bicyclic) bond motifs is 1. The monoisotopic (exact) mass is 435 g/mol. The molecule has 1 aromatic carbocycles.